The van der Waals surface area contributed by atoms with Gasteiger partial charge in [0, 0.05) is 6.54 Å². The summed E-state index contributed by atoms with van der Waals surface area (Å²) in [7, 11) is 0. The summed E-state index contributed by atoms with van der Waals surface area (Å²) in [5, 5.41) is 2.94. The van der Waals surface area contributed by atoms with Crippen LogP contribution in [-0.4, -0.2) is 36.5 Å². The van der Waals surface area contributed by atoms with Crippen molar-refractivity contribution in [3.05, 3.63) is 29.8 Å². The molecule has 1 amide bonds. The number of nitrogens with one attached hydrogen (secondary N) is 1. The van der Waals surface area contributed by atoms with Gasteiger partial charge in [0.15, 0.2) is 0 Å². The predicted molar refractivity (Wildman–Crippen MR) is 81.8 cm³/mol. The third-order valence-corrected chi connectivity index (χ3v) is 3.05. The highest BCUT2D eigenvalue weighted by atomic mass is 16.5. The van der Waals surface area contributed by atoms with Crippen molar-refractivity contribution in [2.75, 3.05) is 19.6 Å². The van der Waals surface area contributed by atoms with Gasteiger partial charge in [0.25, 0.3) is 0 Å². The molecular formula is C16H26N2O2. The number of hydrogen-bond acceptors (Lipinski definition) is 3. The zero-order valence-electron chi connectivity index (χ0n) is 13.0. The van der Waals surface area contributed by atoms with Crippen LogP contribution < -0.4 is 10.1 Å². The van der Waals surface area contributed by atoms with E-state index in [4.69, 9.17) is 4.74 Å². The molecule has 0 aliphatic rings. The average molecular weight is 278 g/mol. The minimum Gasteiger partial charge on any atom is -0.491 e. The third-order valence-electron chi connectivity index (χ3n) is 3.05. The van der Waals surface area contributed by atoms with Gasteiger partial charge in [0.2, 0.25) is 5.91 Å². The fourth-order valence-electron chi connectivity index (χ4n) is 1.86. The van der Waals surface area contributed by atoms with E-state index in [0.717, 1.165) is 24.4 Å². The van der Waals surface area contributed by atoms with E-state index in [2.05, 4.69) is 24.1 Å². The molecule has 0 atom stereocenters. The lowest BCUT2D eigenvalue weighted by atomic mass is 10.2. The van der Waals surface area contributed by atoms with Crippen LogP contribution in [0, 0.1) is 0 Å². The summed E-state index contributed by atoms with van der Waals surface area (Å²) in [6.07, 6.45) is 0.176. The molecule has 0 fully saturated rings. The van der Waals surface area contributed by atoms with Gasteiger partial charge in [0.05, 0.1) is 12.6 Å². The Hall–Kier alpha value is -1.55. The lowest BCUT2D eigenvalue weighted by Crippen LogP contribution is -2.36. The molecule has 0 aliphatic carbocycles. The summed E-state index contributed by atoms with van der Waals surface area (Å²) < 4.78 is 5.58. The van der Waals surface area contributed by atoms with Crippen molar-refractivity contribution in [2.45, 2.75) is 40.3 Å². The zero-order valence-corrected chi connectivity index (χ0v) is 13.0. The van der Waals surface area contributed by atoms with Crippen LogP contribution in [-0.2, 0) is 11.3 Å². The second-order valence-electron chi connectivity index (χ2n) is 5.05. The van der Waals surface area contributed by atoms with Gasteiger partial charge in [-0.1, -0.05) is 26.0 Å². The topological polar surface area (TPSA) is 41.6 Å². The Labute approximate surface area is 122 Å². The number of amides is 1. The van der Waals surface area contributed by atoms with E-state index >= 15 is 0 Å². The Morgan fingerprint density at radius 1 is 1.20 bits per heavy atom. The Kier molecular flexibility index (Phi) is 7.09. The molecule has 0 aromatic heterocycles. The normalized spacial score (nSPS) is 10.9. The van der Waals surface area contributed by atoms with Crippen LogP contribution in [0.2, 0.25) is 0 Å². The Balaban J connectivity index is 2.39. The first-order valence-electron chi connectivity index (χ1n) is 7.29. The molecule has 1 rings (SSSR count). The van der Waals surface area contributed by atoms with Crippen LogP contribution in [0.3, 0.4) is 0 Å². The summed E-state index contributed by atoms with van der Waals surface area (Å²) in [6.45, 7) is 10.9. The van der Waals surface area contributed by atoms with Crippen LogP contribution in [0.25, 0.3) is 0 Å². The average Bonchev–Trinajstić information content (AvgIpc) is 2.43. The Morgan fingerprint density at radius 2 is 1.80 bits per heavy atom. The number of nitrogens with zero attached hydrogens (tertiary/aromatic N) is 1. The Morgan fingerprint density at radius 3 is 2.30 bits per heavy atom. The van der Waals surface area contributed by atoms with Gasteiger partial charge in [-0.15, -0.1) is 0 Å². The maximum absolute atomic E-state index is 11.8. The lowest BCUT2D eigenvalue weighted by Gasteiger charge is -2.17. The van der Waals surface area contributed by atoms with E-state index in [1.165, 1.54) is 0 Å². The highest BCUT2D eigenvalue weighted by Crippen LogP contribution is 2.13. The van der Waals surface area contributed by atoms with E-state index in [1.807, 2.05) is 38.1 Å². The maximum atomic E-state index is 11.8. The number of rotatable bonds is 8. The fourth-order valence-corrected chi connectivity index (χ4v) is 1.86. The molecule has 0 saturated carbocycles. The van der Waals surface area contributed by atoms with E-state index in [0.29, 0.717) is 13.1 Å². The van der Waals surface area contributed by atoms with Crippen LogP contribution in [0.4, 0.5) is 0 Å². The Bertz CT molecular complexity index is 397. The largest absolute Gasteiger partial charge is 0.491 e. The predicted octanol–water partition coefficient (Wildman–Crippen LogP) is 2.43. The smallest absolute Gasteiger partial charge is 0.234 e. The first-order valence-corrected chi connectivity index (χ1v) is 7.29. The number of hydrogen-bond donors (Lipinski definition) is 1. The highest BCUT2D eigenvalue weighted by Gasteiger charge is 2.06. The molecule has 0 aliphatic heterocycles. The van der Waals surface area contributed by atoms with E-state index in [-0.39, 0.29) is 12.0 Å². The van der Waals surface area contributed by atoms with Gasteiger partial charge in [-0.2, -0.15) is 0 Å². The van der Waals surface area contributed by atoms with E-state index < -0.39 is 0 Å². The molecular weight excluding hydrogens is 252 g/mol. The molecule has 0 heterocycles. The SMILES string of the molecule is CCN(CC)CC(=O)NCc1ccc(OC(C)C)cc1. The summed E-state index contributed by atoms with van der Waals surface area (Å²) in [4.78, 5) is 13.9. The van der Waals surface area contributed by atoms with Gasteiger partial charge in [-0.3, -0.25) is 9.69 Å². The van der Waals surface area contributed by atoms with Crippen molar-refractivity contribution < 1.29 is 9.53 Å². The van der Waals surface area contributed by atoms with Gasteiger partial charge < -0.3 is 10.1 Å². The van der Waals surface area contributed by atoms with Crippen LogP contribution >= 0.6 is 0 Å². The van der Waals surface area contributed by atoms with E-state index in [1.54, 1.807) is 0 Å². The molecule has 4 nitrogen and oxygen atoms in total. The first-order chi connectivity index (χ1) is 9.55. The minimum absolute atomic E-state index is 0.0659. The van der Waals surface area contributed by atoms with Crippen molar-refractivity contribution in [3.63, 3.8) is 0 Å². The summed E-state index contributed by atoms with van der Waals surface area (Å²) in [5.74, 6) is 0.925. The molecule has 0 unspecified atom stereocenters. The molecule has 1 aromatic rings. The van der Waals surface area contributed by atoms with Gasteiger partial charge in [-0.25, -0.2) is 0 Å². The monoisotopic (exact) mass is 278 g/mol. The van der Waals surface area contributed by atoms with E-state index in [9.17, 15) is 4.79 Å². The number of ether oxygens (including phenoxy) is 1. The van der Waals surface area contributed by atoms with Crippen molar-refractivity contribution in [1.82, 2.24) is 10.2 Å². The van der Waals surface area contributed by atoms with Crippen LogP contribution in [0.5, 0.6) is 5.75 Å². The van der Waals surface area contributed by atoms with Gasteiger partial charge in [-0.05, 0) is 44.6 Å². The molecule has 0 radical (unpaired) electrons. The minimum atomic E-state index is 0.0659. The zero-order chi connectivity index (χ0) is 15.0. The van der Waals surface area contributed by atoms with Gasteiger partial charge >= 0.3 is 0 Å². The van der Waals surface area contributed by atoms with Crippen molar-refractivity contribution in [1.29, 1.82) is 0 Å². The molecule has 0 saturated heterocycles. The fraction of sp³-hybridized carbons (Fsp3) is 0.562. The van der Waals surface area contributed by atoms with Crippen molar-refractivity contribution >= 4 is 5.91 Å². The maximum Gasteiger partial charge on any atom is 0.234 e. The lowest BCUT2D eigenvalue weighted by molar-refractivity contribution is -0.122. The number of carbonyl (C=O) groups excluding carboxylic acids is 1. The highest BCUT2D eigenvalue weighted by molar-refractivity contribution is 5.77. The molecule has 4 heteroatoms. The molecule has 0 bridgehead atoms. The van der Waals surface area contributed by atoms with Gasteiger partial charge in [0.1, 0.15) is 5.75 Å². The second kappa shape index (κ2) is 8.59. The summed E-state index contributed by atoms with van der Waals surface area (Å²) in [6, 6.07) is 7.84. The number of benzene rings is 1. The molecule has 112 valence electrons. The second-order valence-corrected chi connectivity index (χ2v) is 5.05. The number of carbonyl (C=O) groups is 1. The van der Waals surface area contributed by atoms with Crippen molar-refractivity contribution in [2.24, 2.45) is 0 Å². The number of likely N-dealkylation sites (N-methyl/N-ethyl adjacent to an activating group) is 1. The summed E-state index contributed by atoms with van der Waals surface area (Å²) in [5.41, 5.74) is 1.08. The van der Waals surface area contributed by atoms with Crippen molar-refractivity contribution in [3.8, 4) is 5.75 Å². The molecule has 1 N–H and O–H groups in total. The summed E-state index contributed by atoms with van der Waals surface area (Å²) >= 11 is 0. The van der Waals surface area contributed by atoms with Crippen LogP contribution in [0.15, 0.2) is 24.3 Å². The standard InChI is InChI=1S/C16H26N2O2/c1-5-18(6-2)12-16(19)17-11-14-7-9-15(10-8-14)20-13(3)4/h7-10,13H,5-6,11-12H2,1-4H3,(H,17,19). The molecule has 1 aromatic carbocycles. The first kappa shape index (κ1) is 16.5. The third kappa shape index (κ3) is 6.06. The molecule has 0 spiro atoms. The molecule has 20 heavy (non-hydrogen) atoms. The van der Waals surface area contributed by atoms with Crippen LogP contribution in [0.1, 0.15) is 33.3 Å². The quantitative estimate of drug-likeness (QED) is 0.794.